The first-order chi connectivity index (χ1) is 25.3. The van der Waals surface area contributed by atoms with Gasteiger partial charge in [-0.25, -0.2) is 4.79 Å². The number of ketones is 2. The number of amides is 3. The van der Waals surface area contributed by atoms with E-state index >= 15 is 0 Å². The van der Waals surface area contributed by atoms with Crippen LogP contribution in [0.2, 0.25) is 0 Å². The molecule has 13 nitrogen and oxygen atoms in total. The van der Waals surface area contributed by atoms with Crippen molar-refractivity contribution in [3.05, 3.63) is 80.9 Å². The van der Waals surface area contributed by atoms with Crippen LogP contribution < -0.4 is 21.7 Å². The first-order valence-electron chi connectivity index (χ1n) is 17.9. The molecule has 290 valence electrons. The van der Waals surface area contributed by atoms with E-state index in [0.29, 0.717) is 30.0 Å². The molecule has 2 heterocycles. The van der Waals surface area contributed by atoms with Gasteiger partial charge in [0.2, 0.25) is 11.6 Å². The number of aliphatic hydroxyl groups is 1. The molecule has 0 radical (unpaired) electrons. The lowest BCUT2D eigenvalue weighted by Gasteiger charge is -2.30. The summed E-state index contributed by atoms with van der Waals surface area (Å²) in [6.07, 6.45) is 6.99. The molecule has 1 aliphatic carbocycles. The average molecular weight is 755 g/mol. The molecule has 0 aromatic carbocycles. The minimum absolute atomic E-state index is 0.0783. The van der Waals surface area contributed by atoms with E-state index in [1.54, 1.807) is 38.1 Å². The van der Waals surface area contributed by atoms with Crippen molar-refractivity contribution in [3.8, 4) is 0 Å². The van der Waals surface area contributed by atoms with Gasteiger partial charge in [-0.2, -0.15) is 0 Å². The van der Waals surface area contributed by atoms with E-state index in [-0.39, 0.29) is 40.8 Å². The second-order valence-electron chi connectivity index (χ2n) is 13.5. The molecule has 0 unspecified atom stereocenters. The van der Waals surface area contributed by atoms with Gasteiger partial charge in [0.25, 0.3) is 11.8 Å². The molecule has 1 aromatic heterocycles. The third-order valence-corrected chi connectivity index (χ3v) is 10.1. The Balaban J connectivity index is 1.82. The van der Waals surface area contributed by atoms with Crippen LogP contribution in [0, 0.1) is 11.8 Å². The van der Waals surface area contributed by atoms with Crippen molar-refractivity contribution in [1.82, 2.24) is 16.0 Å². The second-order valence-corrected chi connectivity index (χ2v) is 14.5. The largest absolute Gasteiger partial charge is 0.439 e. The molecule has 2 aliphatic rings. The molecule has 2 bridgehead atoms. The Morgan fingerprint density at radius 3 is 2.42 bits per heavy atom. The molecule has 6 atom stereocenters. The first kappa shape index (κ1) is 43.0. The van der Waals surface area contributed by atoms with Crippen molar-refractivity contribution in [2.45, 2.75) is 90.6 Å². The first-order valence-corrected chi connectivity index (χ1v) is 18.8. The summed E-state index contributed by atoms with van der Waals surface area (Å²) in [4.78, 5) is 65.3. The molecule has 3 rings (SSSR count). The van der Waals surface area contributed by atoms with Crippen molar-refractivity contribution in [2.24, 2.45) is 17.6 Å². The van der Waals surface area contributed by atoms with E-state index in [4.69, 9.17) is 19.9 Å². The number of carbonyl (C=O) groups excluding carboxylic acids is 5. The maximum absolute atomic E-state index is 13.9. The highest BCUT2D eigenvalue weighted by atomic mass is 32.1. The van der Waals surface area contributed by atoms with E-state index in [9.17, 15) is 29.1 Å². The Morgan fingerprint density at radius 2 is 1.77 bits per heavy atom. The predicted octanol–water partition coefficient (Wildman–Crippen LogP) is 4.40. The quantitative estimate of drug-likeness (QED) is 0.116. The molecule has 0 fully saturated rings. The van der Waals surface area contributed by atoms with Gasteiger partial charge in [-0.05, 0) is 62.5 Å². The van der Waals surface area contributed by atoms with Crippen molar-refractivity contribution in [3.63, 3.8) is 0 Å². The molecule has 0 spiro atoms. The zero-order valence-corrected chi connectivity index (χ0v) is 32.3. The number of ether oxygens (including phenoxy) is 3. The number of nitrogens with two attached hydrogens (primary N) is 1. The number of thiophene rings is 1. The van der Waals surface area contributed by atoms with Crippen LogP contribution in [-0.2, 0) is 28.6 Å². The van der Waals surface area contributed by atoms with Gasteiger partial charge in [-0.1, -0.05) is 57.1 Å². The van der Waals surface area contributed by atoms with E-state index in [2.05, 4.69) is 16.0 Å². The van der Waals surface area contributed by atoms with Crippen LogP contribution in [-0.4, -0.2) is 86.3 Å². The highest BCUT2D eigenvalue weighted by Crippen LogP contribution is 2.29. The van der Waals surface area contributed by atoms with E-state index < -0.39 is 53.9 Å². The standard InChI is InChI=1S/C39H54N4O9S/c1-23-19-27-33(41-16-9-7-8-10-17-42-38(48)32-15-12-18-53-32)29(44)22-28(35(27)46)43-37(47)24(2)13-11-14-30(50-5)36(52-39(40)49)26(4)21-25(3)34(45)31(20-23)51-6/h11-15,18,21-23,25,30-31,34,36,41,45H,7-10,16-17,19-20H2,1-6H3,(H2,40,49)(H,42,48)(H,43,47)/b14-11-,24-13+,26-21+/t23-,25+,30+,31+,34-,36+/m1/s1. The number of primary amides is 1. The van der Waals surface area contributed by atoms with Gasteiger partial charge in [0.1, 0.15) is 6.10 Å². The molecule has 1 aliphatic heterocycles. The van der Waals surface area contributed by atoms with Crippen LogP contribution in [0.5, 0.6) is 0 Å². The number of aliphatic hydroxyl groups excluding tert-OH is 1. The molecule has 0 saturated carbocycles. The second kappa shape index (κ2) is 21.4. The number of Topliss-reactive ketones (excluding diaryl/α,β-unsaturated/α-hetero) is 1. The summed E-state index contributed by atoms with van der Waals surface area (Å²) in [5.74, 6) is -2.24. The Labute approximate surface area is 315 Å². The summed E-state index contributed by atoms with van der Waals surface area (Å²) in [6.45, 7) is 8.02. The number of rotatable bonds is 12. The van der Waals surface area contributed by atoms with Crippen LogP contribution in [0.1, 0.15) is 75.9 Å². The number of methoxy groups -OCH3 is 2. The molecule has 1 aromatic rings. The van der Waals surface area contributed by atoms with E-state index in [1.165, 1.54) is 31.6 Å². The lowest BCUT2D eigenvalue weighted by molar-refractivity contribution is -0.120. The topological polar surface area (TPSA) is 195 Å². The maximum atomic E-state index is 13.9. The molecule has 6 N–H and O–H groups in total. The molecule has 3 amide bonds. The lowest BCUT2D eigenvalue weighted by atomic mass is 9.85. The minimum Gasteiger partial charge on any atom is -0.439 e. The number of allylic oxidation sites excluding steroid dienone is 4. The Hall–Kier alpha value is -4.37. The number of hydrogen-bond acceptors (Lipinski definition) is 11. The maximum Gasteiger partial charge on any atom is 0.405 e. The Kier molecular flexibility index (Phi) is 17.3. The highest BCUT2D eigenvalue weighted by molar-refractivity contribution is 7.12. The fourth-order valence-corrected chi connectivity index (χ4v) is 6.93. The van der Waals surface area contributed by atoms with Crippen molar-refractivity contribution < 1.29 is 43.3 Å². The van der Waals surface area contributed by atoms with Gasteiger partial charge in [0.05, 0.1) is 28.5 Å². The van der Waals surface area contributed by atoms with Gasteiger partial charge < -0.3 is 41.0 Å². The van der Waals surface area contributed by atoms with Crippen molar-refractivity contribution in [2.75, 3.05) is 27.3 Å². The van der Waals surface area contributed by atoms with Crippen molar-refractivity contribution >= 4 is 40.8 Å². The summed E-state index contributed by atoms with van der Waals surface area (Å²) < 4.78 is 16.7. The zero-order valence-electron chi connectivity index (χ0n) is 31.4. The average Bonchev–Trinajstić information content (AvgIpc) is 3.67. The lowest BCUT2D eigenvalue weighted by Crippen LogP contribution is -2.38. The number of unbranched alkanes of at least 4 members (excludes halogenated alkanes) is 3. The summed E-state index contributed by atoms with van der Waals surface area (Å²) in [5, 5.41) is 22.0. The number of hydrogen-bond donors (Lipinski definition) is 5. The monoisotopic (exact) mass is 754 g/mol. The fraction of sp³-hybridized carbons (Fsp3) is 0.513. The summed E-state index contributed by atoms with van der Waals surface area (Å²) in [5.41, 5.74) is 6.51. The normalized spacial score (nSPS) is 27.5. The van der Waals surface area contributed by atoms with Crippen LogP contribution in [0.3, 0.4) is 0 Å². The van der Waals surface area contributed by atoms with Gasteiger partial charge in [0.15, 0.2) is 6.10 Å². The van der Waals surface area contributed by atoms with E-state index in [0.717, 1.165) is 31.8 Å². The Morgan fingerprint density at radius 1 is 1.06 bits per heavy atom. The highest BCUT2D eigenvalue weighted by Gasteiger charge is 2.33. The summed E-state index contributed by atoms with van der Waals surface area (Å²) in [6, 6.07) is 3.62. The SMILES string of the molecule is CO[C@H]1/C=C\C=C(/C)C(=O)NC2=CC(=O)C(NCCCCCCNC(=O)c3cccs3)=C(C[C@@H](C)C[C@H](OC)[C@H](O)[C@@H](C)/C=C(\C)[C@@H]1OC(N)=O)C2=O. The summed E-state index contributed by atoms with van der Waals surface area (Å²) in [7, 11) is 2.93. The minimum atomic E-state index is -1.01. The molecule has 53 heavy (non-hydrogen) atoms. The van der Waals surface area contributed by atoms with E-state index in [1.807, 2.05) is 25.3 Å². The molecule has 14 heteroatoms. The Bertz CT molecular complexity index is 1610. The summed E-state index contributed by atoms with van der Waals surface area (Å²) >= 11 is 1.40. The van der Waals surface area contributed by atoms with Gasteiger partial charge in [-0.15, -0.1) is 11.3 Å². The molecule has 0 saturated heterocycles. The van der Waals surface area contributed by atoms with Gasteiger partial charge >= 0.3 is 6.09 Å². The van der Waals surface area contributed by atoms with Crippen molar-refractivity contribution in [1.29, 1.82) is 0 Å². The van der Waals surface area contributed by atoms with Gasteiger partial charge in [-0.3, -0.25) is 19.2 Å². The smallest absolute Gasteiger partial charge is 0.405 e. The zero-order chi connectivity index (χ0) is 39.1. The number of nitrogens with one attached hydrogen (secondary N) is 3. The van der Waals surface area contributed by atoms with Crippen LogP contribution in [0.15, 0.2) is 76.0 Å². The van der Waals surface area contributed by atoms with Crippen LogP contribution in [0.4, 0.5) is 4.79 Å². The van der Waals surface area contributed by atoms with Crippen LogP contribution in [0.25, 0.3) is 0 Å². The predicted molar refractivity (Wildman–Crippen MR) is 203 cm³/mol. The molecular weight excluding hydrogens is 701 g/mol. The number of carbonyl (C=O) groups is 5. The third kappa shape index (κ3) is 12.9. The van der Waals surface area contributed by atoms with Crippen LogP contribution >= 0.6 is 11.3 Å². The number of fused-ring (bicyclic) bond motifs is 2. The fourth-order valence-electron chi connectivity index (χ4n) is 6.29. The molecular formula is C39H54N4O9S. The third-order valence-electron chi connectivity index (χ3n) is 9.23. The van der Waals surface area contributed by atoms with Gasteiger partial charge in [0, 0.05) is 50.4 Å².